The van der Waals surface area contributed by atoms with Crippen molar-refractivity contribution in [2.24, 2.45) is 12.8 Å². The van der Waals surface area contributed by atoms with E-state index in [-0.39, 0.29) is 18.4 Å². The van der Waals surface area contributed by atoms with E-state index in [0.717, 1.165) is 5.82 Å². The van der Waals surface area contributed by atoms with Gasteiger partial charge in [0.1, 0.15) is 12.2 Å². The Morgan fingerprint density at radius 2 is 2.30 bits per heavy atom. The Kier molecular flexibility index (Phi) is 3.32. The Bertz CT molecular complexity index is 195. The van der Waals surface area contributed by atoms with Crippen molar-refractivity contribution >= 4 is 12.4 Å². The van der Waals surface area contributed by atoms with Crippen LogP contribution in [0.4, 0.5) is 0 Å². The van der Waals surface area contributed by atoms with Gasteiger partial charge >= 0.3 is 0 Å². The summed E-state index contributed by atoms with van der Waals surface area (Å²) in [7, 11) is 1.83. The van der Waals surface area contributed by atoms with E-state index in [2.05, 4.69) is 10.1 Å². The highest BCUT2D eigenvalue weighted by Crippen LogP contribution is 2.00. The third kappa shape index (κ3) is 1.68. The van der Waals surface area contributed by atoms with Crippen molar-refractivity contribution in [3.05, 3.63) is 12.2 Å². The van der Waals surface area contributed by atoms with Crippen molar-refractivity contribution in [2.45, 2.75) is 13.0 Å². The summed E-state index contributed by atoms with van der Waals surface area (Å²) < 4.78 is 1.67. The van der Waals surface area contributed by atoms with Crippen molar-refractivity contribution in [3.63, 3.8) is 0 Å². The third-order valence-corrected chi connectivity index (χ3v) is 1.15. The van der Waals surface area contributed by atoms with E-state index in [1.54, 1.807) is 4.68 Å². The van der Waals surface area contributed by atoms with Crippen LogP contribution in [0.15, 0.2) is 6.33 Å². The molecule has 0 saturated heterocycles. The number of hydrogen-bond donors (Lipinski definition) is 1. The summed E-state index contributed by atoms with van der Waals surface area (Å²) in [6, 6.07) is -0.0301. The van der Waals surface area contributed by atoms with Gasteiger partial charge in [-0.1, -0.05) is 0 Å². The van der Waals surface area contributed by atoms with Gasteiger partial charge in [-0.25, -0.2) is 4.98 Å². The molecule has 1 heterocycles. The molecule has 1 aromatic heterocycles. The molecule has 0 bridgehead atoms. The quantitative estimate of drug-likeness (QED) is 0.645. The van der Waals surface area contributed by atoms with Gasteiger partial charge in [0, 0.05) is 7.05 Å². The highest BCUT2D eigenvalue weighted by atomic mass is 35.5. The van der Waals surface area contributed by atoms with Crippen molar-refractivity contribution < 1.29 is 0 Å². The zero-order valence-corrected chi connectivity index (χ0v) is 6.80. The highest BCUT2D eigenvalue weighted by molar-refractivity contribution is 5.85. The predicted molar refractivity (Wildman–Crippen MR) is 40.9 cm³/mol. The van der Waals surface area contributed by atoms with Crippen molar-refractivity contribution in [2.75, 3.05) is 0 Å². The summed E-state index contributed by atoms with van der Waals surface area (Å²) >= 11 is 0. The zero-order valence-electron chi connectivity index (χ0n) is 5.98. The first kappa shape index (κ1) is 9.39. The molecule has 0 aromatic carbocycles. The first-order valence-corrected chi connectivity index (χ1v) is 2.81. The molecule has 4 nitrogen and oxygen atoms in total. The second-order valence-corrected chi connectivity index (χ2v) is 2.03. The minimum atomic E-state index is -0.0301. The van der Waals surface area contributed by atoms with Crippen LogP contribution in [0, 0.1) is 0 Å². The molecule has 0 aliphatic carbocycles. The maximum absolute atomic E-state index is 5.54. The largest absolute Gasteiger partial charge is 0.322 e. The first-order valence-electron chi connectivity index (χ1n) is 2.81. The number of aryl methyl sites for hydroxylation is 1. The van der Waals surface area contributed by atoms with E-state index < -0.39 is 0 Å². The second-order valence-electron chi connectivity index (χ2n) is 2.03. The van der Waals surface area contributed by atoms with Crippen molar-refractivity contribution in [1.29, 1.82) is 0 Å². The average Bonchev–Trinajstić information content (AvgIpc) is 2.13. The number of nitrogens with two attached hydrogens (primary N) is 1. The normalized spacial score (nSPS) is 12.3. The van der Waals surface area contributed by atoms with Crippen LogP contribution in [-0.4, -0.2) is 14.8 Å². The minimum Gasteiger partial charge on any atom is -0.322 e. The maximum Gasteiger partial charge on any atom is 0.143 e. The van der Waals surface area contributed by atoms with Gasteiger partial charge in [0.05, 0.1) is 6.04 Å². The standard InChI is InChI=1S/C5H10N4.ClH/c1-4(6)5-7-3-8-9(5)2;/h3-4H,6H2,1-2H3;1H/t4-;/m0./s1. The molecular formula is C5H11ClN4. The fourth-order valence-electron chi connectivity index (χ4n) is 0.717. The fraction of sp³-hybridized carbons (Fsp3) is 0.600. The molecule has 2 N–H and O–H groups in total. The zero-order chi connectivity index (χ0) is 6.85. The molecule has 1 atom stereocenters. The second kappa shape index (κ2) is 3.53. The SMILES string of the molecule is C[C@H](N)c1ncnn1C.Cl. The number of hydrogen-bond acceptors (Lipinski definition) is 3. The molecule has 5 heteroatoms. The summed E-state index contributed by atoms with van der Waals surface area (Å²) in [6.45, 7) is 1.88. The van der Waals surface area contributed by atoms with Crippen LogP contribution in [0.25, 0.3) is 0 Å². The molecular weight excluding hydrogens is 152 g/mol. The molecule has 0 amide bonds. The van der Waals surface area contributed by atoms with Crippen LogP contribution in [0.1, 0.15) is 18.8 Å². The molecule has 0 saturated carbocycles. The lowest BCUT2D eigenvalue weighted by Crippen LogP contribution is -2.11. The number of rotatable bonds is 1. The molecule has 1 rings (SSSR count). The third-order valence-electron chi connectivity index (χ3n) is 1.15. The molecule has 0 radical (unpaired) electrons. The van der Waals surface area contributed by atoms with Gasteiger partial charge in [-0.15, -0.1) is 12.4 Å². The van der Waals surface area contributed by atoms with E-state index in [1.807, 2.05) is 14.0 Å². The lowest BCUT2D eigenvalue weighted by atomic mass is 10.3. The molecule has 0 fully saturated rings. The van der Waals surface area contributed by atoms with Crippen LogP contribution in [0.5, 0.6) is 0 Å². The van der Waals surface area contributed by atoms with E-state index in [4.69, 9.17) is 5.73 Å². The lowest BCUT2D eigenvalue weighted by molar-refractivity contribution is 0.639. The summed E-state index contributed by atoms with van der Waals surface area (Å²) in [5, 5.41) is 3.86. The monoisotopic (exact) mass is 162 g/mol. The molecule has 58 valence electrons. The molecule has 0 aliphatic rings. The van der Waals surface area contributed by atoms with E-state index in [0.29, 0.717) is 0 Å². The Hall–Kier alpha value is -0.610. The molecule has 10 heavy (non-hydrogen) atoms. The Morgan fingerprint density at radius 3 is 2.50 bits per heavy atom. The highest BCUT2D eigenvalue weighted by Gasteiger charge is 2.03. The van der Waals surface area contributed by atoms with Crippen LogP contribution < -0.4 is 5.73 Å². The van der Waals surface area contributed by atoms with Gasteiger partial charge in [-0.3, -0.25) is 4.68 Å². The summed E-state index contributed by atoms with van der Waals surface area (Å²) in [5.74, 6) is 0.815. The van der Waals surface area contributed by atoms with Crippen LogP contribution in [0.3, 0.4) is 0 Å². The summed E-state index contributed by atoms with van der Waals surface area (Å²) in [6.07, 6.45) is 1.50. The smallest absolute Gasteiger partial charge is 0.143 e. The van der Waals surface area contributed by atoms with Gasteiger partial charge in [0.15, 0.2) is 0 Å². The van der Waals surface area contributed by atoms with Gasteiger partial charge in [0.25, 0.3) is 0 Å². The topological polar surface area (TPSA) is 56.7 Å². The minimum absolute atomic E-state index is 0. The van der Waals surface area contributed by atoms with Gasteiger partial charge < -0.3 is 5.73 Å². The van der Waals surface area contributed by atoms with E-state index in [1.165, 1.54) is 6.33 Å². The summed E-state index contributed by atoms with van der Waals surface area (Å²) in [5.41, 5.74) is 5.54. The van der Waals surface area contributed by atoms with Crippen LogP contribution in [0.2, 0.25) is 0 Å². The van der Waals surface area contributed by atoms with Crippen molar-refractivity contribution in [1.82, 2.24) is 14.8 Å². The Balaban J connectivity index is 0.000000810. The average molecular weight is 163 g/mol. The molecule has 0 spiro atoms. The number of aromatic nitrogens is 3. The van der Waals surface area contributed by atoms with Crippen molar-refractivity contribution in [3.8, 4) is 0 Å². The molecule has 1 aromatic rings. The van der Waals surface area contributed by atoms with Gasteiger partial charge in [-0.05, 0) is 6.92 Å². The Labute approximate surface area is 65.8 Å². The van der Waals surface area contributed by atoms with E-state index >= 15 is 0 Å². The van der Waals surface area contributed by atoms with Gasteiger partial charge in [0.2, 0.25) is 0 Å². The van der Waals surface area contributed by atoms with Gasteiger partial charge in [-0.2, -0.15) is 5.10 Å². The summed E-state index contributed by atoms with van der Waals surface area (Å²) in [4.78, 5) is 3.94. The number of halogens is 1. The van der Waals surface area contributed by atoms with E-state index in [9.17, 15) is 0 Å². The number of nitrogens with zero attached hydrogens (tertiary/aromatic N) is 3. The maximum atomic E-state index is 5.54. The first-order chi connectivity index (χ1) is 4.22. The predicted octanol–water partition coefficient (Wildman–Crippen LogP) is 0.257. The Morgan fingerprint density at radius 1 is 1.70 bits per heavy atom. The fourth-order valence-corrected chi connectivity index (χ4v) is 0.717. The molecule has 0 unspecified atom stereocenters. The molecule has 0 aliphatic heterocycles. The van der Waals surface area contributed by atoms with Crippen LogP contribution in [-0.2, 0) is 7.05 Å². The lowest BCUT2D eigenvalue weighted by Gasteiger charge is -2.01. The van der Waals surface area contributed by atoms with Crippen LogP contribution >= 0.6 is 12.4 Å².